The number of aliphatic carboxylic acids is 1. The summed E-state index contributed by atoms with van der Waals surface area (Å²) in [4.78, 5) is 23.1. The van der Waals surface area contributed by atoms with E-state index >= 15 is 0 Å². The van der Waals surface area contributed by atoms with Gasteiger partial charge in [-0.2, -0.15) is 0 Å². The second-order valence-electron chi connectivity index (χ2n) is 8.66. The molecule has 0 heterocycles. The highest BCUT2D eigenvalue weighted by Gasteiger charge is 2.54. The van der Waals surface area contributed by atoms with Gasteiger partial charge in [-0.15, -0.1) is 0 Å². The molecule has 0 unspecified atom stereocenters. The van der Waals surface area contributed by atoms with Crippen molar-refractivity contribution in [2.24, 2.45) is 28.6 Å². The molecule has 0 saturated heterocycles. The summed E-state index contributed by atoms with van der Waals surface area (Å²) in [6.45, 7) is 11.1. The van der Waals surface area contributed by atoms with Crippen molar-refractivity contribution in [3.63, 3.8) is 0 Å². The van der Waals surface area contributed by atoms with Crippen LogP contribution in [0.3, 0.4) is 0 Å². The molecule has 5 atom stereocenters. The van der Waals surface area contributed by atoms with E-state index in [0.29, 0.717) is 18.3 Å². The van der Waals surface area contributed by atoms with Crippen LogP contribution >= 0.6 is 0 Å². The molecule has 0 aromatic carbocycles. The summed E-state index contributed by atoms with van der Waals surface area (Å²) in [6, 6.07) is 0. The van der Waals surface area contributed by atoms with Gasteiger partial charge in [0.25, 0.3) is 0 Å². The van der Waals surface area contributed by atoms with Crippen LogP contribution in [-0.4, -0.2) is 16.9 Å². The lowest BCUT2D eigenvalue weighted by Gasteiger charge is -2.57. The maximum Gasteiger partial charge on any atom is 0.303 e. The van der Waals surface area contributed by atoms with Gasteiger partial charge in [0, 0.05) is 12.8 Å². The Morgan fingerprint density at radius 1 is 1.43 bits per heavy atom. The van der Waals surface area contributed by atoms with Gasteiger partial charge in [-0.1, -0.05) is 33.3 Å². The molecule has 2 aliphatic carbocycles. The van der Waals surface area contributed by atoms with Gasteiger partial charge in [0.05, 0.1) is 0 Å². The quantitative estimate of drug-likeness (QED) is 0.787. The summed E-state index contributed by atoms with van der Waals surface area (Å²) < 4.78 is 0. The lowest BCUT2D eigenvalue weighted by Crippen LogP contribution is -2.51. The normalized spacial score (nSPS) is 38.7. The Balaban J connectivity index is 2.22. The van der Waals surface area contributed by atoms with Crippen molar-refractivity contribution in [3.8, 4) is 0 Å². The molecule has 2 rings (SSSR count). The summed E-state index contributed by atoms with van der Waals surface area (Å²) in [7, 11) is 0. The first-order chi connectivity index (χ1) is 10.6. The minimum Gasteiger partial charge on any atom is -0.481 e. The number of carboxylic acids is 1. The fourth-order valence-electron chi connectivity index (χ4n) is 5.07. The van der Waals surface area contributed by atoms with Crippen LogP contribution in [0.2, 0.25) is 0 Å². The summed E-state index contributed by atoms with van der Waals surface area (Å²) in [5.74, 6) is 0.713. The van der Waals surface area contributed by atoms with Crippen LogP contribution in [0.5, 0.6) is 0 Å². The molecule has 0 aliphatic heterocycles. The number of carbonyl (C=O) groups is 2. The zero-order valence-corrected chi connectivity index (χ0v) is 15.3. The first-order valence-electron chi connectivity index (χ1n) is 9.03. The number of fused-ring (bicyclic) bond motifs is 1. The molecule has 23 heavy (non-hydrogen) atoms. The summed E-state index contributed by atoms with van der Waals surface area (Å²) >= 11 is 0. The van der Waals surface area contributed by atoms with Gasteiger partial charge < -0.3 is 5.11 Å². The minimum atomic E-state index is -0.712. The third kappa shape index (κ3) is 3.39. The average Bonchev–Trinajstić information content (AvgIpc) is 2.44. The van der Waals surface area contributed by atoms with Crippen molar-refractivity contribution in [3.05, 3.63) is 11.6 Å². The zero-order chi connectivity index (χ0) is 17.4. The zero-order valence-electron chi connectivity index (χ0n) is 15.3. The predicted molar refractivity (Wildman–Crippen MR) is 92.1 cm³/mol. The largest absolute Gasteiger partial charge is 0.481 e. The Morgan fingerprint density at radius 3 is 2.70 bits per heavy atom. The first kappa shape index (κ1) is 18.2. The van der Waals surface area contributed by atoms with E-state index in [0.717, 1.165) is 19.3 Å². The molecule has 130 valence electrons. The third-order valence-corrected chi connectivity index (χ3v) is 7.17. The predicted octanol–water partition coefficient (Wildman–Crippen LogP) is 4.86. The summed E-state index contributed by atoms with van der Waals surface area (Å²) in [6.07, 6.45) is 7.05. The molecular weight excluding hydrogens is 288 g/mol. The van der Waals surface area contributed by atoms with Crippen LogP contribution in [0.15, 0.2) is 11.6 Å². The number of allylic oxidation sites excluding steroid dienone is 2. The highest BCUT2D eigenvalue weighted by atomic mass is 16.4. The van der Waals surface area contributed by atoms with Gasteiger partial charge in [0.15, 0.2) is 5.78 Å². The maximum absolute atomic E-state index is 12.2. The first-order valence-corrected chi connectivity index (χ1v) is 9.03. The standard InChI is InChI=1S/C20H32O3/c1-13(10-18(22)23)6-8-19(4)14(2)7-9-20(5)15(3)11-16(21)12-17(19)20/h11,13-14,17H,6-10,12H2,1-5H3,(H,22,23)/t13-,14+,17-,19+,20+/m1/s1. The summed E-state index contributed by atoms with van der Waals surface area (Å²) in [5, 5.41) is 8.98. The number of carboxylic acid groups (broad SMARTS) is 1. The molecule has 0 bridgehead atoms. The van der Waals surface area contributed by atoms with E-state index in [2.05, 4.69) is 27.7 Å². The van der Waals surface area contributed by atoms with Crippen LogP contribution in [0.25, 0.3) is 0 Å². The van der Waals surface area contributed by atoms with Crippen LogP contribution in [0.1, 0.15) is 73.1 Å². The number of hydrogen-bond acceptors (Lipinski definition) is 2. The number of carbonyl (C=O) groups excluding carboxylic acids is 1. The van der Waals surface area contributed by atoms with Gasteiger partial charge in [0.2, 0.25) is 0 Å². The molecule has 1 saturated carbocycles. The fourth-order valence-corrected chi connectivity index (χ4v) is 5.07. The van der Waals surface area contributed by atoms with Crippen molar-refractivity contribution < 1.29 is 14.7 Å². The second-order valence-corrected chi connectivity index (χ2v) is 8.66. The van der Waals surface area contributed by atoms with Crippen molar-refractivity contribution in [2.45, 2.75) is 73.1 Å². The lowest BCUT2D eigenvalue weighted by atomic mass is 9.46. The number of hydrogen-bond donors (Lipinski definition) is 1. The number of rotatable bonds is 5. The highest BCUT2D eigenvalue weighted by molar-refractivity contribution is 5.92. The van der Waals surface area contributed by atoms with Crippen LogP contribution in [0, 0.1) is 28.6 Å². The molecule has 1 fully saturated rings. The van der Waals surface area contributed by atoms with E-state index in [4.69, 9.17) is 5.11 Å². The Morgan fingerprint density at radius 2 is 2.09 bits per heavy atom. The van der Waals surface area contributed by atoms with Crippen molar-refractivity contribution >= 4 is 11.8 Å². The fraction of sp³-hybridized carbons (Fsp3) is 0.800. The van der Waals surface area contributed by atoms with Gasteiger partial charge in [-0.25, -0.2) is 0 Å². The molecule has 0 radical (unpaired) electrons. The van der Waals surface area contributed by atoms with Crippen molar-refractivity contribution in [1.82, 2.24) is 0 Å². The summed E-state index contributed by atoms with van der Waals surface area (Å²) in [5.41, 5.74) is 1.49. The molecule has 2 aliphatic rings. The molecule has 0 amide bonds. The lowest BCUT2D eigenvalue weighted by molar-refractivity contribution is -0.138. The second kappa shape index (κ2) is 6.41. The molecule has 1 N–H and O–H groups in total. The monoisotopic (exact) mass is 320 g/mol. The molecule has 3 heteroatoms. The Hall–Kier alpha value is -1.12. The Kier molecular flexibility index (Phi) is 5.08. The molecule has 0 aromatic heterocycles. The van der Waals surface area contributed by atoms with E-state index in [-0.39, 0.29) is 29.0 Å². The average molecular weight is 320 g/mol. The van der Waals surface area contributed by atoms with Crippen molar-refractivity contribution in [1.29, 1.82) is 0 Å². The minimum absolute atomic E-state index is 0.116. The van der Waals surface area contributed by atoms with E-state index in [1.54, 1.807) is 0 Å². The third-order valence-electron chi connectivity index (χ3n) is 7.17. The molecule has 3 nitrogen and oxygen atoms in total. The van der Waals surface area contributed by atoms with E-state index in [9.17, 15) is 9.59 Å². The van der Waals surface area contributed by atoms with Gasteiger partial charge in [-0.05, 0) is 67.3 Å². The van der Waals surface area contributed by atoms with E-state index in [1.807, 2.05) is 13.0 Å². The maximum atomic E-state index is 12.2. The SMILES string of the molecule is CC1=CC(=O)C[C@@H]2[C@@](C)(CC[C@@H](C)CC(=O)O)[C@@H](C)CC[C@@]12C. The van der Waals surface area contributed by atoms with Gasteiger partial charge >= 0.3 is 5.97 Å². The van der Waals surface area contributed by atoms with Gasteiger partial charge in [0.1, 0.15) is 0 Å². The number of ketones is 1. The van der Waals surface area contributed by atoms with Gasteiger partial charge in [-0.3, -0.25) is 9.59 Å². The molecule has 0 spiro atoms. The van der Waals surface area contributed by atoms with Crippen LogP contribution in [0.4, 0.5) is 0 Å². The van der Waals surface area contributed by atoms with Crippen molar-refractivity contribution in [2.75, 3.05) is 0 Å². The van der Waals surface area contributed by atoms with E-state index in [1.165, 1.54) is 12.0 Å². The Labute approximate surface area is 140 Å². The van der Waals surface area contributed by atoms with Crippen LogP contribution in [-0.2, 0) is 9.59 Å². The molecular formula is C20H32O3. The Bertz CT molecular complexity index is 521. The van der Waals surface area contributed by atoms with E-state index < -0.39 is 5.97 Å². The highest BCUT2D eigenvalue weighted by Crippen LogP contribution is 2.61. The van der Waals surface area contributed by atoms with Crippen LogP contribution < -0.4 is 0 Å². The smallest absolute Gasteiger partial charge is 0.303 e. The topological polar surface area (TPSA) is 54.4 Å². The molecule has 0 aromatic rings.